The lowest BCUT2D eigenvalue weighted by Crippen LogP contribution is -2.29. The van der Waals surface area contributed by atoms with Crippen molar-refractivity contribution in [2.24, 2.45) is 5.92 Å². The van der Waals surface area contributed by atoms with E-state index in [9.17, 15) is 8.42 Å². The minimum Gasteiger partial charge on any atom is -0.497 e. The third-order valence-corrected chi connectivity index (χ3v) is 5.66. The lowest BCUT2D eigenvalue weighted by molar-refractivity contribution is 0.414. The summed E-state index contributed by atoms with van der Waals surface area (Å²) in [5.74, 6) is 1.10. The molecule has 24 heavy (non-hydrogen) atoms. The van der Waals surface area contributed by atoms with Crippen LogP contribution in [0, 0.1) is 5.92 Å². The Hall–Kier alpha value is -1.37. The summed E-state index contributed by atoms with van der Waals surface area (Å²) in [6, 6.07) is 13.8. The van der Waals surface area contributed by atoms with E-state index >= 15 is 0 Å². The van der Waals surface area contributed by atoms with Gasteiger partial charge in [0.05, 0.1) is 12.0 Å². The van der Waals surface area contributed by atoms with Gasteiger partial charge >= 0.3 is 0 Å². The van der Waals surface area contributed by atoms with Gasteiger partial charge in [-0.3, -0.25) is 0 Å². The zero-order valence-corrected chi connectivity index (χ0v) is 16.4. The molecule has 0 aliphatic heterocycles. The maximum absolute atomic E-state index is 12.7. The van der Waals surface area contributed by atoms with E-state index in [4.69, 9.17) is 4.74 Å². The molecular weight excluding hydrogens is 390 g/mol. The Labute approximate surface area is 152 Å². The van der Waals surface area contributed by atoms with Gasteiger partial charge in [0.15, 0.2) is 0 Å². The van der Waals surface area contributed by atoms with Gasteiger partial charge in [-0.1, -0.05) is 41.9 Å². The van der Waals surface area contributed by atoms with Crippen LogP contribution >= 0.6 is 15.9 Å². The number of hydrogen-bond acceptors (Lipinski definition) is 3. The van der Waals surface area contributed by atoms with Crippen molar-refractivity contribution in [1.29, 1.82) is 0 Å². The first-order valence-electron chi connectivity index (χ1n) is 7.73. The first-order chi connectivity index (χ1) is 11.3. The van der Waals surface area contributed by atoms with Crippen LogP contribution < -0.4 is 9.46 Å². The second-order valence-corrected chi connectivity index (χ2v) is 8.66. The summed E-state index contributed by atoms with van der Waals surface area (Å²) in [7, 11) is -1.98. The van der Waals surface area contributed by atoms with Crippen molar-refractivity contribution in [2.75, 3.05) is 7.11 Å². The maximum atomic E-state index is 12.7. The zero-order chi connectivity index (χ0) is 17.7. The summed E-state index contributed by atoms with van der Waals surface area (Å²) < 4.78 is 34.2. The summed E-state index contributed by atoms with van der Waals surface area (Å²) >= 11 is 3.32. The van der Waals surface area contributed by atoms with Crippen molar-refractivity contribution >= 4 is 26.0 Å². The average molecular weight is 412 g/mol. The first-order valence-corrected chi connectivity index (χ1v) is 10.0. The van der Waals surface area contributed by atoms with Crippen LogP contribution in [0.15, 0.2) is 57.9 Å². The molecule has 0 aromatic heterocycles. The Bertz CT molecular complexity index is 756. The number of hydrogen-bond donors (Lipinski definition) is 1. The molecule has 0 amide bonds. The smallest absolute Gasteiger partial charge is 0.241 e. The Balaban J connectivity index is 2.28. The van der Waals surface area contributed by atoms with Gasteiger partial charge in [0, 0.05) is 10.5 Å². The van der Waals surface area contributed by atoms with Crippen LogP contribution in [0.1, 0.15) is 31.9 Å². The lowest BCUT2D eigenvalue weighted by atomic mass is 9.98. The second kappa shape index (κ2) is 8.14. The van der Waals surface area contributed by atoms with Crippen LogP contribution in [0.4, 0.5) is 0 Å². The molecule has 130 valence electrons. The fourth-order valence-corrected chi connectivity index (χ4v) is 3.93. The Morgan fingerprint density at radius 3 is 2.12 bits per heavy atom. The third kappa shape index (κ3) is 5.06. The summed E-state index contributed by atoms with van der Waals surface area (Å²) in [5, 5.41) is 0. The molecule has 0 heterocycles. The van der Waals surface area contributed by atoms with Gasteiger partial charge < -0.3 is 4.74 Å². The molecule has 2 aromatic carbocycles. The Kier molecular flexibility index (Phi) is 6.43. The van der Waals surface area contributed by atoms with Gasteiger partial charge in [0.2, 0.25) is 10.0 Å². The summed E-state index contributed by atoms with van der Waals surface area (Å²) in [4.78, 5) is 0.257. The van der Waals surface area contributed by atoms with Crippen molar-refractivity contribution in [2.45, 2.75) is 31.2 Å². The molecule has 0 radical (unpaired) electrons. The molecule has 0 fully saturated rings. The Morgan fingerprint density at radius 1 is 1.04 bits per heavy atom. The predicted octanol–water partition coefficient (Wildman–Crippen LogP) is 4.52. The van der Waals surface area contributed by atoms with Gasteiger partial charge in [-0.2, -0.15) is 0 Å². The number of ether oxygens (including phenoxy) is 1. The second-order valence-electron chi connectivity index (χ2n) is 6.03. The topological polar surface area (TPSA) is 55.4 Å². The number of methoxy groups -OCH3 is 1. The number of halogens is 1. The van der Waals surface area contributed by atoms with E-state index in [1.807, 2.05) is 24.3 Å². The highest BCUT2D eigenvalue weighted by atomic mass is 79.9. The van der Waals surface area contributed by atoms with E-state index in [-0.39, 0.29) is 10.9 Å². The molecule has 0 saturated carbocycles. The normalized spacial score (nSPS) is 13.0. The van der Waals surface area contributed by atoms with Crippen LogP contribution in [-0.2, 0) is 10.0 Å². The summed E-state index contributed by atoms with van der Waals surface area (Å²) in [5.41, 5.74) is 0.921. The van der Waals surface area contributed by atoms with Crippen LogP contribution in [0.3, 0.4) is 0 Å². The van der Waals surface area contributed by atoms with Crippen molar-refractivity contribution in [3.63, 3.8) is 0 Å². The maximum Gasteiger partial charge on any atom is 0.241 e. The minimum atomic E-state index is -3.59. The zero-order valence-electron chi connectivity index (χ0n) is 14.0. The molecule has 0 aliphatic carbocycles. The minimum absolute atomic E-state index is 0.257. The van der Waals surface area contributed by atoms with E-state index in [1.54, 1.807) is 31.4 Å². The lowest BCUT2D eigenvalue weighted by Gasteiger charge is -2.21. The standard InChI is InChI=1S/C18H22BrNO3S/c1-13(2)12-18(14-4-8-16(23-3)9-5-14)20-24(21,22)17-10-6-15(19)7-11-17/h4-11,13,18,20H,12H2,1-3H3/t18-/m1/s1. The fraction of sp³-hybridized carbons (Fsp3) is 0.333. The average Bonchev–Trinajstić information content (AvgIpc) is 2.54. The molecule has 0 bridgehead atoms. The number of rotatable bonds is 7. The third-order valence-electron chi connectivity index (χ3n) is 3.65. The van der Waals surface area contributed by atoms with E-state index in [2.05, 4.69) is 34.5 Å². The van der Waals surface area contributed by atoms with Crippen molar-refractivity contribution < 1.29 is 13.2 Å². The highest BCUT2D eigenvalue weighted by Crippen LogP contribution is 2.26. The molecule has 0 saturated heterocycles. The van der Waals surface area contributed by atoms with Crippen molar-refractivity contribution in [1.82, 2.24) is 4.72 Å². The van der Waals surface area contributed by atoms with E-state index < -0.39 is 10.0 Å². The molecule has 6 heteroatoms. The largest absolute Gasteiger partial charge is 0.497 e. The summed E-state index contributed by atoms with van der Waals surface area (Å²) in [6.45, 7) is 4.15. The van der Waals surface area contributed by atoms with Crippen molar-refractivity contribution in [3.8, 4) is 5.75 Å². The van der Waals surface area contributed by atoms with Gasteiger partial charge in [-0.25, -0.2) is 13.1 Å². The van der Waals surface area contributed by atoms with E-state index in [0.717, 1.165) is 15.8 Å². The Morgan fingerprint density at radius 2 is 1.62 bits per heavy atom. The number of nitrogens with one attached hydrogen (secondary N) is 1. The molecule has 2 aromatic rings. The predicted molar refractivity (Wildman–Crippen MR) is 99.7 cm³/mol. The molecule has 1 N–H and O–H groups in total. The van der Waals surface area contributed by atoms with Crippen LogP contribution in [0.25, 0.3) is 0 Å². The number of benzene rings is 2. The molecule has 2 rings (SSSR count). The summed E-state index contributed by atoms with van der Waals surface area (Å²) in [6.07, 6.45) is 0.710. The fourth-order valence-electron chi connectivity index (χ4n) is 2.43. The van der Waals surface area contributed by atoms with Crippen LogP contribution in [-0.4, -0.2) is 15.5 Å². The SMILES string of the molecule is COc1ccc([C@@H](CC(C)C)NS(=O)(=O)c2ccc(Br)cc2)cc1. The molecule has 1 atom stereocenters. The van der Waals surface area contributed by atoms with Gasteiger partial charge in [-0.15, -0.1) is 0 Å². The molecule has 0 unspecified atom stereocenters. The highest BCUT2D eigenvalue weighted by molar-refractivity contribution is 9.10. The van der Waals surface area contributed by atoms with Gasteiger partial charge in [0.1, 0.15) is 5.75 Å². The number of sulfonamides is 1. The molecule has 0 spiro atoms. The highest BCUT2D eigenvalue weighted by Gasteiger charge is 2.22. The van der Waals surface area contributed by atoms with Crippen LogP contribution in [0.5, 0.6) is 5.75 Å². The van der Waals surface area contributed by atoms with Crippen LogP contribution in [0.2, 0.25) is 0 Å². The van der Waals surface area contributed by atoms with E-state index in [1.165, 1.54) is 0 Å². The van der Waals surface area contributed by atoms with Gasteiger partial charge in [0.25, 0.3) is 0 Å². The van der Waals surface area contributed by atoms with Gasteiger partial charge in [-0.05, 0) is 54.3 Å². The molecular formula is C18H22BrNO3S. The monoisotopic (exact) mass is 411 g/mol. The first kappa shape index (κ1) is 19.0. The quantitative estimate of drug-likeness (QED) is 0.728. The van der Waals surface area contributed by atoms with E-state index in [0.29, 0.717) is 12.3 Å². The molecule has 4 nitrogen and oxygen atoms in total. The van der Waals surface area contributed by atoms with Crippen molar-refractivity contribution in [3.05, 3.63) is 58.6 Å². The molecule has 0 aliphatic rings.